The van der Waals surface area contributed by atoms with E-state index in [2.05, 4.69) is 23.5 Å². The highest BCUT2D eigenvalue weighted by atomic mass is 35.5. The maximum atomic E-state index is 6.27. The molecule has 4 heteroatoms. The Morgan fingerprint density at radius 3 is 2.56 bits per heavy atom. The van der Waals surface area contributed by atoms with E-state index in [1.54, 1.807) is 11.3 Å². The zero-order valence-electron chi connectivity index (χ0n) is 10.3. The second-order valence-electron chi connectivity index (χ2n) is 4.28. The fourth-order valence-electron chi connectivity index (χ4n) is 1.90. The lowest BCUT2D eigenvalue weighted by Crippen LogP contribution is -2.17. The van der Waals surface area contributed by atoms with Crippen molar-refractivity contribution in [2.45, 2.75) is 19.4 Å². The Hall–Kier alpha value is -0.540. The molecule has 0 fully saturated rings. The van der Waals surface area contributed by atoms with Crippen LogP contribution in [0.1, 0.15) is 22.0 Å². The van der Waals surface area contributed by atoms with Gasteiger partial charge in [-0.3, -0.25) is 0 Å². The van der Waals surface area contributed by atoms with Crippen LogP contribution in [0.3, 0.4) is 0 Å². The number of hydrogen-bond acceptors (Lipinski definition) is 2. The second kappa shape index (κ2) is 6.07. The number of hydrogen-bond donors (Lipinski definition) is 1. The molecule has 0 amide bonds. The minimum Gasteiger partial charge on any atom is -0.312 e. The average molecular weight is 300 g/mol. The fraction of sp³-hybridized carbons (Fsp3) is 0.286. The molecule has 1 heterocycles. The first kappa shape index (κ1) is 13.9. The van der Waals surface area contributed by atoms with Crippen LogP contribution >= 0.6 is 34.5 Å². The van der Waals surface area contributed by atoms with Crippen LogP contribution in [-0.4, -0.2) is 7.05 Å². The third-order valence-corrected chi connectivity index (χ3v) is 4.62. The Balaban J connectivity index is 2.20. The molecule has 1 nitrogen and oxygen atoms in total. The first-order valence-electron chi connectivity index (χ1n) is 5.77. The molecule has 1 atom stereocenters. The minimum atomic E-state index is 0.253. The van der Waals surface area contributed by atoms with Crippen LogP contribution in [0.2, 0.25) is 9.36 Å². The smallest absolute Gasteiger partial charge is 0.0931 e. The molecular weight excluding hydrogens is 285 g/mol. The molecule has 1 aromatic carbocycles. The van der Waals surface area contributed by atoms with E-state index < -0.39 is 0 Å². The van der Waals surface area contributed by atoms with Crippen molar-refractivity contribution < 1.29 is 0 Å². The molecule has 1 N–H and O–H groups in total. The van der Waals surface area contributed by atoms with Crippen LogP contribution in [0, 0.1) is 6.92 Å². The Kier molecular flexibility index (Phi) is 4.68. The third-order valence-electron chi connectivity index (χ3n) is 2.92. The van der Waals surface area contributed by atoms with Gasteiger partial charge in [-0.2, -0.15) is 0 Å². The summed E-state index contributed by atoms with van der Waals surface area (Å²) < 4.78 is 0.820. The summed E-state index contributed by atoms with van der Waals surface area (Å²) in [5, 5.41) is 4.15. The van der Waals surface area contributed by atoms with Crippen molar-refractivity contribution in [1.82, 2.24) is 5.32 Å². The summed E-state index contributed by atoms with van der Waals surface area (Å²) in [5.41, 5.74) is 2.34. The van der Waals surface area contributed by atoms with E-state index in [-0.39, 0.29) is 6.04 Å². The molecule has 0 aliphatic carbocycles. The van der Waals surface area contributed by atoms with E-state index in [9.17, 15) is 0 Å². The van der Waals surface area contributed by atoms with Gasteiger partial charge >= 0.3 is 0 Å². The Morgan fingerprint density at radius 2 is 2.00 bits per heavy atom. The lowest BCUT2D eigenvalue weighted by atomic mass is 10.0. The molecule has 1 aromatic heterocycles. The van der Waals surface area contributed by atoms with Gasteiger partial charge in [0.1, 0.15) is 0 Å². The highest BCUT2D eigenvalue weighted by molar-refractivity contribution is 7.16. The molecule has 1 unspecified atom stereocenters. The van der Waals surface area contributed by atoms with Crippen LogP contribution in [0.15, 0.2) is 30.3 Å². The van der Waals surface area contributed by atoms with E-state index in [0.29, 0.717) is 0 Å². The lowest BCUT2D eigenvalue weighted by Gasteiger charge is -2.15. The average Bonchev–Trinajstić information content (AvgIpc) is 2.75. The quantitative estimate of drug-likeness (QED) is 0.849. The number of benzene rings is 1. The molecule has 2 rings (SSSR count). The summed E-state index contributed by atoms with van der Waals surface area (Å²) >= 11 is 13.9. The van der Waals surface area contributed by atoms with E-state index in [1.807, 2.05) is 26.1 Å². The van der Waals surface area contributed by atoms with Gasteiger partial charge in [-0.05, 0) is 49.7 Å². The number of likely N-dealkylation sites (N-methyl/N-ethyl adjacent to an activating group) is 1. The number of halogens is 2. The van der Waals surface area contributed by atoms with Gasteiger partial charge in [0.25, 0.3) is 0 Å². The fourth-order valence-corrected chi connectivity index (χ4v) is 3.38. The molecular formula is C14H15Cl2NS. The second-order valence-corrected chi connectivity index (χ2v) is 6.44. The van der Waals surface area contributed by atoms with Crippen molar-refractivity contribution in [1.29, 1.82) is 0 Å². The Bertz CT molecular complexity index is 536. The summed E-state index contributed by atoms with van der Waals surface area (Å²) in [7, 11) is 1.96. The van der Waals surface area contributed by atoms with Gasteiger partial charge in [-0.25, -0.2) is 0 Å². The molecule has 0 saturated carbocycles. The van der Waals surface area contributed by atoms with E-state index in [1.165, 1.54) is 10.4 Å². The molecule has 0 spiro atoms. The SMILES string of the molecule is CNC(Cc1ccc(C)cc1Cl)c1ccc(Cl)s1. The third kappa shape index (κ3) is 3.27. The summed E-state index contributed by atoms with van der Waals surface area (Å²) in [4.78, 5) is 1.24. The van der Waals surface area contributed by atoms with Gasteiger partial charge in [0.05, 0.1) is 4.34 Å². The number of rotatable bonds is 4. The highest BCUT2D eigenvalue weighted by Crippen LogP contribution is 2.30. The molecule has 0 aliphatic heterocycles. The number of thiophene rings is 1. The molecule has 2 aromatic rings. The normalized spacial score (nSPS) is 12.7. The lowest BCUT2D eigenvalue weighted by molar-refractivity contribution is 0.602. The molecule has 0 aliphatic rings. The molecule has 18 heavy (non-hydrogen) atoms. The van der Waals surface area contributed by atoms with Crippen molar-refractivity contribution in [3.8, 4) is 0 Å². The van der Waals surface area contributed by atoms with Gasteiger partial charge in [-0.15, -0.1) is 11.3 Å². The van der Waals surface area contributed by atoms with E-state index in [4.69, 9.17) is 23.2 Å². The standard InChI is InChI=1S/C14H15Cl2NS/c1-9-3-4-10(11(15)7-9)8-12(17-2)13-5-6-14(16)18-13/h3-7,12,17H,8H2,1-2H3. The van der Waals surface area contributed by atoms with Crippen LogP contribution in [0.5, 0.6) is 0 Å². The zero-order chi connectivity index (χ0) is 13.1. The highest BCUT2D eigenvalue weighted by Gasteiger charge is 2.14. The summed E-state index contributed by atoms with van der Waals surface area (Å²) in [6, 6.07) is 10.4. The van der Waals surface area contributed by atoms with Crippen LogP contribution in [0.25, 0.3) is 0 Å². The van der Waals surface area contributed by atoms with Gasteiger partial charge in [0, 0.05) is 15.9 Å². The van der Waals surface area contributed by atoms with Gasteiger partial charge in [0.2, 0.25) is 0 Å². The Labute approximate surface area is 122 Å². The van der Waals surface area contributed by atoms with Crippen LogP contribution < -0.4 is 5.32 Å². The van der Waals surface area contributed by atoms with Crippen molar-refractivity contribution in [2.24, 2.45) is 0 Å². The van der Waals surface area contributed by atoms with Crippen molar-refractivity contribution in [3.63, 3.8) is 0 Å². The first-order chi connectivity index (χ1) is 8.60. The summed E-state index contributed by atoms with van der Waals surface area (Å²) in [5.74, 6) is 0. The molecule has 0 radical (unpaired) electrons. The summed E-state index contributed by atoms with van der Waals surface area (Å²) in [6.45, 7) is 2.05. The van der Waals surface area contributed by atoms with Crippen molar-refractivity contribution >= 4 is 34.5 Å². The maximum absolute atomic E-state index is 6.27. The van der Waals surface area contributed by atoms with Gasteiger partial charge in [-0.1, -0.05) is 35.3 Å². The molecule has 96 valence electrons. The molecule has 0 saturated heterocycles. The van der Waals surface area contributed by atoms with Gasteiger partial charge in [0.15, 0.2) is 0 Å². The van der Waals surface area contributed by atoms with E-state index >= 15 is 0 Å². The van der Waals surface area contributed by atoms with Crippen LogP contribution in [-0.2, 0) is 6.42 Å². The van der Waals surface area contributed by atoms with Crippen molar-refractivity contribution in [3.05, 3.63) is 55.7 Å². The minimum absolute atomic E-state index is 0.253. The Morgan fingerprint density at radius 1 is 1.22 bits per heavy atom. The monoisotopic (exact) mass is 299 g/mol. The number of nitrogens with one attached hydrogen (secondary N) is 1. The van der Waals surface area contributed by atoms with Crippen molar-refractivity contribution in [2.75, 3.05) is 7.05 Å². The molecule has 0 bridgehead atoms. The topological polar surface area (TPSA) is 12.0 Å². The van der Waals surface area contributed by atoms with Gasteiger partial charge < -0.3 is 5.32 Å². The maximum Gasteiger partial charge on any atom is 0.0931 e. The largest absolute Gasteiger partial charge is 0.312 e. The predicted octanol–water partition coefficient (Wildman–Crippen LogP) is 4.87. The predicted molar refractivity (Wildman–Crippen MR) is 81.0 cm³/mol. The van der Waals surface area contributed by atoms with Crippen LogP contribution in [0.4, 0.5) is 0 Å². The first-order valence-corrected chi connectivity index (χ1v) is 7.35. The zero-order valence-corrected chi connectivity index (χ0v) is 12.7. The van der Waals surface area contributed by atoms with E-state index in [0.717, 1.165) is 21.3 Å². The number of aryl methyl sites for hydroxylation is 1. The summed E-state index contributed by atoms with van der Waals surface area (Å²) in [6.07, 6.45) is 0.868.